The molecule has 8 nitrogen and oxygen atoms in total. The highest BCUT2D eigenvalue weighted by Crippen LogP contribution is 2.29. The fraction of sp³-hybridized carbons (Fsp3) is 0.188. The Balaban J connectivity index is 1.13. The van der Waals surface area contributed by atoms with Crippen LogP contribution in [0.2, 0.25) is 0 Å². The zero-order valence-corrected chi connectivity index (χ0v) is 22.5. The normalized spacial score (nSPS) is 12.7. The Morgan fingerprint density at radius 3 is 2.24 bits per heavy atom. The number of benzene rings is 3. The molecule has 1 saturated heterocycles. The number of halogens is 1. The molecule has 1 N–H and O–H groups in total. The first kappa shape index (κ1) is 26.2. The third kappa shape index (κ3) is 5.79. The number of amides is 1. The lowest BCUT2D eigenvalue weighted by Crippen LogP contribution is -2.42. The van der Waals surface area contributed by atoms with E-state index in [0.717, 1.165) is 41.8 Å². The Bertz CT molecular complexity index is 1730. The van der Waals surface area contributed by atoms with Crippen LogP contribution in [0.4, 0.5) is 16.0 Å². The number of carbonyl (C=O) groups excluding carboxylic acids is 2. The van der Waals surface area contributed by atoms with E-state index in [1.165, 1.54) is 12.1 Å². The third-order valence-electron chi connectivity index (χ3n) is 7.17. The van der Waals surface area contributed by atoms with Crippen molar-refractivity contribution < 1.29 is 18.7 Å². The molecule has 6 rings (SSSR count). The number of ketones is 1. The molecule has 2 aromatic heterocycles. The molecule has 1 amide bonds. The van der Waals surface area contributed by atoms with Crippen LogP contribution < -0.4 is 10.1 Å². The third-order valence-corrected chi connectivity index (χ3v) is 7.17. The molecule has 41 heavy (non-hydrogen) atoms. The van der Waals surface area contributed by atoms with E-state index in [0.29, 0.717) is 35.0 Å². The van der Waals surface area contributed by atoms with Gasteiger partial charge in [0.05, 0.1) is 12.8 Å². The maximum Gasteiger partial charge on any atom is 0.253 e. The van der Waals surface area contributed by atoms with Crippen molar-refractivity contribution in [2.75, 3.05) is 25.5 Å². The second kappa shape index (κ2) is 11.2. The van der Waals surface area contributed by atoms with Crippen LogP contribution in [0.15, 0.2) is 85.1 Å². The van der Waals surface area contributed by atoms with Crippen LogP contribution >= 0.6 is 0 Å². The second-order valence-corrected chi connectivity index (χ2v) is 10.1. The molecule has 0 spiro atoms. The van der Waals surface area contributed by atoms with E-state index in [4.69, 9.17) is 4.74 Å². The van der Waals surface area contributed by atoms with Crippen molar-refractivity contribution >= 4 is 29.0 Å². The first-order valence-electron chi connectivity index (χ1n) is 13.4. The summed E-state index contributed by atoms with van der Waals surface area (Å²) in [5.74, 6) is 0.700. The highest BCUT2D eigenvalue weighted by Gasteiger charge is 2.22. The number of anilines is 2. The second-order valence-electron chi connectivity index (χ2n) is 10.1. The van der Waals surface area contributed by atoms with Crippen molar-refractivity contribution in [3.63, 3.8) is 0 Å². The number of carbonyl (C=O) groups is 2. The molecule has 0 atom stereocenters. The summed E-state index contributed by atoms with van der Waals surface area (Å²) in [4.78, 5) is 31.4. The Hall–Kier alpha value is -5.05. The molecule has 206 valence electrons. The lowest BCUT2D eigenvalue weighted by Gasteiger charge is -2.31. The molecule has 0 saturated carbocycles. The fourth-order valence-electron chi connectivity index (χ4n) is 4.79. The molecule has 1 aliphatic rings. The van der Waals surface area contributed by atoms with E-state index in [-0.39, 0.29) is 23.9 Å². The van der Waals surface area contributed by atoms with Crippen LogP contribution in [-0.2, 0) is 17.6 Å². The van der Waals surface area contributed by atoms with Gasteiger partial charge in [-0.25, -0.2) is 8.91 Å². The number of fused-ring (bicyclic) bond motifs is 1. The molecule has 5 aromatic rings. The van der Waals surface area contributed by atoms with Gasteiger partial charge in [0.25, 0.3) is 5.91 Å². The number of ether oxygens (including phenoxy) is 1. The van der Waals surface area contributed by atoms with Crippen molar-refractivity contribution in [2.24, 2.45) is 0 Å². The molecule has 0 aliphatic carbocycles. The zero-order valence-electron chi connectivity index (χ0n) is 22.5. The highest BCUT2D eigenvalue weighted by atomic mass is 19.1. The van der Waals surface area contributed by atoms with Gasteiger partial charge in [-0.1, -0.05) is 36.4 Å². The molecule has 1 aliphatic heterocycles. The minimum atomic E-state index is -0.310. The number of aromatic nitrogens is 3. The van der Waals surface area contributed by atoms with E-state index < -0.39 is 0 Å². The summed E-state index contributed by atoms with van der Waals surface area (Å²) in [7, 11) is 1.56. The fourth-order valence-corrected chi connectivity index (χ4v) is 4.79. The first-order valence-corrected chi connectivity index (χ1v) is 13.4. The number of hydrogen-bond acceptors (Lipinski definition) is 6. The molecule has 3 aromatic carbocycles. The number of pyridine rings is 1. The average molecular weight is 550 g/mol. The van der Waals surface area contributed by atoms with Crippen molar-refractivity contribution in [1.82, 2.24) is 19.5 Å². The molecule has 0 unspecified atom stereocenters. The van der Waals surface area contributed by atoms with Crippen LogP contribution in [-0.4, -0.2) is 51.4 Å². The van der Waals surface area contributed by atoms with Crippen molar-refractivity contribution in [3.8, 4) is 16.9 Å². The Labute approximate surface area is 236 Å². The van der Waals surface area contributed by atoms with E-state index in [1.807, 2.05) is 47.5 Å². The topological polar surface area (TPSA) is 88.8 Å². The lowest BCUT2D eigenvalue weighted by atomic mass is 10.0. The van der Waals surface area contributed by atoms with Gasteiger partial charge in [-0.2, -0.15) is 4.98 Å². The van der Waals surface area contributed by atoms with Crippen LogP contribution in [0.25, 0.3) is 16.8 Å². The number of likely N-dealkylation sites (tertiary alicyclic amines) is 1. The monoisotopic (exact) mass is 549 g/mol. The Kier molecular flexibility index (Phi) is 7.16. The summed E-state index contributed by atoms with van der Waals surface area (Å²) in [6, 6.07) is 23.0. The van der Waals surface area contributed by atoms with Crippen molar-refractivity contribution in [1.29, 1.82) is 0 Å². The van der Waals surface area contributed by atoms with Gasteiger partial charge in [-0.3, -0.25) is 9.59 Å². The lowest BCUT2D eigenvalue weighted by molar-refractivity contribution is -0.117. The predicted molar refractivity (Wildman–Crippen MR) is 154 cm³/mol. The van der Waals surface area contributed by atoms with Gasteiger partial charge in [0.15, 0.2) is 5.65 Å². The van der Waals surface area contributed by atoms with E-state index in [1.54, 1.807) is 42.0 Å². The smallest absolute Gasteiger partial charge is 0.253 e. The number of rotatable bonds is 9. The maximum atomic E-state index is 13.1. The van der Waals surface area contributed by atoms with Crippen molar-refractivity contribution in [2.45, 2.75) is 19.3 Å². The van der Waals surface area contributed by atoms with E-state index >= 15 is 0 Å². The van der Waals surface area contributed by atoms with Crippen LogP contribution in [0.1, 0.15) is 27.9 Å². The summed E-state index contributed by atoms with van der Waals surface area (Å²) in [6.45, 7) is 1.58. The molecular weight excluding hydrogens is 521 g/mol. The van der Waals surface area contributed by atoms with E-state index in [9.17, 15) is 14.0 Å². The van der Waals surface area contributed by atoms with Gasteiger partial charge in [0, 0.05) is 43.3 Å². The molecular formula is C32H28FN5O3. The molecule has 0 bridgehead atoms. The highest BCUT2D eigenvalue weighted by molar-refractivity contribution is 5.96. The van der Waals surface area contributed by atoms with Gasteiger partial charge < -0.3 is 15.0 Å². The largest absolute Gasteiger partial charge is 0.495 e. The quantitative estimate of drug-likeness (QED) is 0.262. The summed E-state index contributed by atoms with van der Waals surface area (Å²) < 4.78 is 20.3. The zero-order chi connectivity index (χ0) is 28.3. The molecule has 1 fully saturated rings. The molecule has 9 heteroatoms. The molecule has 0 radical (unpaired) electrons. The van der Waals surface area contributed by atoms with Crippen LogP contribution in [0.3, 0.4) is 0 Å². The van der Waals surface area contributed by atoms with Crippen molar-refractivity contribution in [3.05, 3.63) is 108 Å². The summed E-state index contributed by atoms with van der Waals surface area (Å²) in [6.07, 6.45) is 3.52. The Morgan fingerprint density at radius 1 is 0.902 bits per heavy atom. The number of nitrogens with one attached hydrogen (secondary N) is 1. The standard InChI is InChI=1S/C32H28FN5O3/c1-41-29-19-24(31(40)37-15-2-16-37)9-13-28(29)34-32-35-30-14-10-25(20-38(30)36-32)23-7-3-21(4-8-23)17-27(39)18-22-5-11-26(33)12-6-22/h3-14,19-20H,2,15-18H2,1H3,(H,34,36). The molecule has 3 heterocycles. The van der Waals surface area contributed by atoms with Gasteiger partial charge in [-0.05, 0) is 65.6 Å². The van der Waals surface area contributed by atoms with Gasteiger partial charge in [0.2, 0.25) is 5.95 Å². The summed E-state index contributed by atoms with van der Waals surface area (Å²) in [5, 5.41) is 7.77. The van der Waals surface area contributed by atoms with Crippen LogP contribution in [0.5, 0.6) is 5.75 Å². The van der Waals surface area contributed by atoms with E-state index in [2.05, 4.69) is 15.4 Å². The van der Waals surface area contributed by atoms with Gasteiger partial charge >= 0.3 is 0 Å². The predicted octanol–water partition coefficient (Wildman–Crippen LogP) is 5.49. The number of nitrogens with zero attached hydrogens (tertiary/aromatic N) is 4. The van der Waals surface area contributed by atoms with Gasteiger partial charge in [-0.15, -0.1) is 5.10 Å². The first-order chi connectivity index (χ1) is 19.9. The SMILES string of the molecule is COc1cc(C(=O)N2CCC2)ccc1Nc1nc2ccc(-c3ccc(CC(=O)Cc4ccc(F)cc4)cc3)cn2n1. The minimum Gasteiger partial charge on any atom is -0.495 e. The summed E-state index contributed by atoms with van der Waals surface area (Å²) in [5.41, 5.74) is 5.57. The maximum absolute atomic E-state index is 13.1. The number of methoxy groups -OCH3 is 1. The minimum absolute atomic E-state index is 0.00381. The number of hydrogen-bond donors (Lipinski definition) is 1. The Morgan fingerprint density at radius 2 is 1.59 bits per heavy atom. The average Bonchev–Trinajstić information content (AvgIpc) is 3.35. The van der Waals surface area contributed by atoms with Crippen LogP contribution in [0, 0.1) is 5.82 Å². The van der Waals surface area contributed by atoms with Gasteiger partial charge in [0.1, 0.15) is 17.3 Å². The number of Topliss-reactive ketones (excluding diaryl/α,β-unsaturated/α-hetero) is 1. The summed E-state index contributed by atoms with van der Waals surface area (Å²) >= 11 is 0.